The van der Waals surface area contributed by atoms with Crippen molar-refractivity contribution in [2.75, 3.05) is 38.8 Å². The van der Waals surface area contributed by atoms with Gasteiger partial charge in [0.25, 0.3) is 0 Å². The molecule has 0 spiro atoms. The van der Waals surface area contributed by atoms with Crippen LogP contribution in [0.25, 0.3) is 0 Å². The molecule has 0 aromatic heterocycles. The zero-order valence-corrected chi connectivity index (χ0v) is 11.9. The topological polar surface area (TPSA) is 47.7 Å². The lowest BCUT2D eigenvalue weighted by atomic mass is 10.1. The number of nitrogens with two attached hydrogens (primary N) is 1. The van der Waals surface area contributed by atoms with Crippen LogP contribution >= 0.6 is 0 Å². The highest BCUT2D eigenvalue weighted by molar-refractivity contribution is 5.56. The first-order valence-electron chi connectivity index (χ1n) is 6.90. The number of hydrogen-bond donors (Lipinski definition) is 1. The van der Waals surface area contributed by atoms with Gasteiger partial charge < -0.3 is 20.1 Å². The summed E-state index contributed by atoms with van der Waals surface area (Å²) in [4.78, 5) is 2.18. The molecule has 0 amide bonds. The van der Waals surface area contributed by atoms with Crippen LogP contribution < -0.4 is 15.4 Å². The highest BCUT2D eigenvalue weighted by atomic mass is 16.5. The molecule has 4 heteroatoms. The van der Waals surface area contributed by atoms with Crippen LogP contribution in [0.15, 0.2) is 18.2 Å². The molecule has 1 aliphatic rings. The molecule has 106 valence electrons. The zero-order chi connectivity index (χ0) is 13.7. The summed E-state index contributed by atoms with van der Waals surface area (Å²) in [7, 11) is 3.74. The van der Waals surface area contributed by atoms with Gasteiger partial charge >= 0.3 is 0 Å². The van der Waals surface area contributed by atoms with Gasteiger partial charge in [-0.2, -0.15) is 0 Å². The van der Waals surface area contributed by atoms with E-state index in [4.69, 9.17) is 15.2 Å². The fraction of sp³-hybridized carbons (Fsp3) is 0.600. The van der Waals surface area contributed by atoms with Gasteiger partial charge in [-0.25, -0.2) is 0 Å². The fourth-order valence-electron chi connectivity index (χ4n) is 2.06. The van der Waals surface area contributed by atoms with E-state index in [-0.39, 0.29) is 0 Å². The summed E-state index contributed by atoms with van der Waals surface area (Å²) in [5, 5.41) is 0. The Kier molecular flexibility index (Phi) is 5.05. The normalized spacial score (nSPS) is 14.5. The van der Waals surface area contributed by atoms with Gasteiger partial charge in [-0.3, -0.25) is 0 Å². The maximum Gasteiger partial charge on any atom is 0.120 e. The first-order valence-corrected chi connectivity index (χ1v) is 6.90. The predicted octanol–water partition coefficient (Wildman–Crippen LogP) is 2.02. The third-order valence-electron chi connectivity index (χ3n) is 3.55. The smallest absolute Gasteiger partial charge is 0.120 e. The van der Waals surface area contributed by atoms with Crippen LogP contribution in [0.3, 0.4) is 0 Å². The van der Waals surface area contributed by atoms with Gasteiger partial charge in [-0.05, 0) is 30.4 Å². The molecular weight excluding hydrogens is 240 g/mol. The van der Waals surface area contributed by atoms with E-state index in [2.05, 4.69) is 11.9 Å². The molecule has 0 radical (unpaired) electrons. The zero-order valence-electron chi connectivity index (χ0n) is 11.9. The number of rotatable bonds is 8. The van der Waals surface area contributed by atoms with Crippen LogP contribution in [-0.2, 0) is 11.3 Å². The standard InChI is InChI=1S/C15H24N2O2/c1-17(7-8-19-11-12-3-4-12)15-9-14(18-2)6-5-13(15)10-16/h5-6,9,12H,3-4,7-8,10-11,16H2,1-2H3. The molecule has 0 heterocycles. The first-order chi connectivity index (χ1) is 9.24. The van der Waals surface area contributed by atoms with Crippen LogP contribution in [0, 0.1) is 5.92 Å². The van der Waals surface area contributed by atoms with Crippen molar-refractivity contribution in [1.82, 2.24) is 0 Å². The van der Waals surface area contributed by atoms with Crippen molar-refractivity contribution in [2.45, 2.75) is 19.4 Å². The Bertz CT molecular complexity index is 405. The number of ether oxygens (including phenoxy) is 2. The second kappa shape index (κ2) is 6.78. The molecule has 1 fully saturated rings. The van der Waals surface area contributed by atoms with E-state index >= 15 is 0 Å². The van der Waals surface area contributed by atoms with E-state index in [0.29, 0.717) is 6.54 Å². The van der Waals surface area contributed by atoms with Gasteiger partial charge in [0.1, 0.15) is 5.75 Å². The average Bonchev–Trinajstić information content (AvgIpc) is 3.26. The van der Waals surface area contributed by atoms with Crippen molar-refractivity contribution < 1.29 is 9.47 Å². The van der Waals surface area contributed by atoms with Gasteiger partial charge in [0.05, 0.1) is 13.7 Å². The van der Waals surface area contributed by atoms with E-state index in [0.717, 1.165) is 42.7 Å². The largest absolute Gasteiger partial charge is 0.497 e. The van der Waals surface area contributed by atoms with Gasteiger partial charge in [-0.15, -0.1) is 0 Å². The van der Waals surface area contributed by atoms with E-state index in [1.165, 1.54) is 12.8 Å². The number of benzene rings is 1. The lowest BCUT2D eigenvalue weighted by Crippen LogP contribution is -2.24. The second-order valence-corrected chi connectivity index (χ2v) is 5.14. The molecule has 2 N–H and O–H groups in total. The van der Waals surface area contributed by atoms with Crippen molar-refractivity contribution in [3.05, 3.63) is 23.8 Å². The summed E-state index contributed by atoms with van der Waals surface area (Å²) < 4.78 is 10.9. The van der Waals surface area contributed by atoms with Crippen LogP contribution in [0.5, 0.6) is 5.75 Å². The minimum absolute atomic E-state index is 0.534. The molecule has 1 aliphatic carbocycles. The predicted molar refractivity (Wildman–Crippen MR) is 77.7 cm³/mol. The van der Waals surface area contributed by atoms with Gasteiger partial charge in [0.2, 0.25) is 0 Å². The van der Waals surface area contributed by atoms with E-state index in [9.17, 15) is 0 Å². The highest BCUT2D eigenvalue weighted by Crippen LogP contribution is 2.29. The lowest BCUT2D eigenvalue weighted by molar-refractivity contribution is 0.131. The van der Waals surface area contributed by atoms with E-state index in [1.54, 1.807) is 7.11 Å². The maximum absolute atomic E-state index is 5.78. The highest BCUT2D eigenvalue weighted by Gasteiger charge is 2.21. The van der Waals surface area contributed by atoms with Crippen molar-refractivity contribution in [3.8, 4) is 5.75 Å². The van der Waals surface area contributed by atoms with Crippen LogP contribution in [0.1, 0.15) is 18.4 Å². The Morgan fingerprint density at radius 3 is 2.79 bits per heavy atom. The Morgan fingerprint density at radius 2 is 2.16 bits per heavy atom. The molecule has 0 saturated heterocycles. The summed E-state index contributed by atoms with van der Waals surface area (Å²) in [5.41, 5.74) is 8.04. The third kappa shape index (κ3) is 4.11. The molecule has 1 aromatic carbocycles. The molecule has 1 saturated carbocycles. The summed E-state index contributed by atoms with van der Waals surface area (Å²) in [6, 6.07) is 6.00. The van der Waals surface area contributed by atoms with Gasteiger partial charge in [0, 0.05) is 38.5 Å². The van der Waals surface area contributed by atoms with Gasteiger partial charge in [0.15, 0.2) is 0 Å². The summed E-state index contributed by atoms with van der Waals surface area (Å²) in [6.07, 6.45) is 2.67. The van der Waals surface area contributed by atoms with Gasteiger partial charge in [-0.1, -0.05) is 6.07 Å². The first kappa shape index (κ1) is 14.2. The van der Waals surface area contributed by atoms with E-state index < -0.39 is 0 Å². The van der Waals surface area contributed by atoms with Crippen molar-refractivity contribution >= 4 is 5.69 Å². The fourth-order valence-corrected chi connectivity index (χ4v) is 2.06. The minimum atomic E-state index is 0.534. The molecule has 0 atom stereocenters. The van der Waals surface area contributed by atoms with Crippen molar-refractivity contribution in [2.24, 2.45) is 11.7 Å². The summed E-state index contributed by atoms with van der Waals surface area (Å²) in [6.45, 7) is 3.07. The SMILES string of the molecule is COc1ccc(CN)c(N(C)CCOCC2CC2)c1. The minimum Gasteiger partial charge on any atom is -0.497 e. The molecule has 0 unspecified atom stereocenters. The number of likely N-dealkylation sites (N-methyl/N-ethyl adjacent to an activating group) is 1. The quantitative estimate of drug-likeness (QED) is 0.730. The Hall–Kier alpha value is -1.26. The van der Waals surface area contributed by atoms with Crippen molar-refractivity contribution in [3.63, 3.8) is 0 Å². The molecule has 0 bridgehead atoms. The van der Waals surface area contributed by atoms with Crippen LogP contribution in [0.4, 0.5) is 5.69 Å². The second-order valence-electron chi connectivity index (χ2n) is 5.14. The maximum atomic E-state index is 5.78. The van der Waals surface area contributed by atoms with E-state index in [1.807, 2.05) is 18.2 Å². The molecular formula is C15H24N2O2. The molecule has 19 heavy (non-hydrogen) atoms. The Balaban J connectivity index is 1.89. The average molecular weight is 264 g/mol. The Morgan fingerprint density at radius 1 is 1.37 bits per heavy atom. The van der Waals surface area contributed by atoms with Crippen LogP contribution in [-0.4, -0.2) is 33.9 Å². The summed E-state index contributed by atoms with van der Waals surface area (Å²) >= 11 is 0. The molecule has 0 aliphatic heterocycles. The number of methoxy groups -OCH3 is 1. The monoisotopic (exact) mass is 264 g/mol. The molecule has 1 aromatic rings. The number of anilines is 1. The lowest BCUT2D eigenvalue weighted by Gasteiger charge is -2.22. The molecule has 2 rings (SSSR count). The van der Waals surface area contributed by atoms with Crippen LogP contribution in [0.2, 0.25) is 0 Å². The number of nitrogens with zero attached hydrogens (tertiary/aromatic N) is 1. The summed E-state index contributed by atoms with van der Waals surface area (Å²) in [5.74, 6) is 1.68. The van der Waals surface area contributed by atoms with Crippen molar-refractivity contribution in [1.29, 1.82) is 0 Å². The molecule has 4 nitrogen and oxygen atoms in total. The third-order valence-corrected chi connectivity index (χ3v) is 3.55. The Labute approximate surface area is 115 Å². The number of hydrogen-bond acceptors (Lipinski definition) is 4.